The molecule has 1 saturated heterocycles. The standard InChI is InChI=1S/C19H26F3NO3S/c1-18(2,3)26-17(24)23-10-9-13(11-23)16(12-27-4)25-15-7-5-14(6-8-15)19(20,21)22/h5-8,13,16H,9-12H2,1-4H3/t13-,16+/m0/s1. The van der Waals surface area contributed by atoms with E-state index in [9.17, 15) is 18.0 Å². The third-order valence-corrected chi connectivity index (χ3v) is 4.86. The number of benzene rings is 1. The number of hydrogen-bond acceptors (Lipinski definition) is 4. The molecule has 0 aromatic heterocycles. The first kappa shape index (κ1) is 21.7. The molecule has 1 aliphatic heterocycles. The van der Waals surface area contributed by atoms with E-state index in [1.54, 1.807) is 16.7 Å². The number of halogens is 3. The number of likely N-dealkylation sites (tertiary alicyclic amines) is 1. The molecular weight excluding hydrogens is 379 g/mol. The SMILES string of the molecule is CSC[C@@H](Oc1ccc(C(F)(F)F)cc1)[C@H]1CCN(C(=O)OC(C)(C)C)C1. The van der Waals surface area contributed by atoms with Gasteiger partial charge in [0.15, 0.2) is 0 Å². The van der Waals surface area contributed by atoms with Gasteiger partial charge in [-0.15, -0.1) is 0 Å². The molecule has 8 heteroatoms. The van der Waals surface area contributed by atoms with Crippen molar-refractivity contribution in [1.82, 2.24) is 4.90 Å². The van der Waals surface area contributed by atoms with Crippen LogP contribution in [-0.4, -0.2) is 47.8 Å². The third kappa shape index (κ3) is 6.52. The molecule has 2 rings (SSSR count). The molecule has 0 bridgehead atoms. The Labute approximate surface area is 162 Å². The molecule has 2 atom stereocenters. The highest BCUT2D eigenvalue weighted by atomic mass is 32.2. The summed E-state index contributed by atoms with van der Waals surface area (Å²) in [6.45, 7) is 6.57. The Kier molecular flexibility index (Phi) is 6.94. The largest absolute Gasteiger partial charge is 0.489 e. The molecule has 1 aromatic rings. The maximum atomic E-state index is 12.7. The van der Waals surface area contributed by atoms with Crippen molar-refractivity contribution in [2.45, 2.75) is 45.1 Å². The van der Waals surface area contributed by atoms with Crippen LogP contribution in [0, 0.1) is 5.92 Å². The van der Waals surface area contributed by atoms with Gasteiger partial charge in [-0.3, -0.25) is 0 Å². The Bertz CT molecular complexity index is 629. The fourth-order valence-electron chi connectivity index (χ4n) is 2.91. The van der Waals surface area contributed by atoms with Gasteiger partial charge in [-0.2, -0.15) is 24.9 Å². The number of hydrogen-bond donors (Lipinski definition) is 0. The summed E-state index contributed by atoms with van der Waals surface area (Å²) in [4.78, 5) is 13.9. The van der Waals surface area contributed by atoms with E-state index >= 15 is 0 Å². The zero-order valence-corrected chi connectivity index (χ0v) is 16.8. The van der Waals surface area contributed by atoms with Crippen LogP contribution in [0.3, 0.4) is 0 Å². The van der Waals surface area contributed by atoms with Crippen LogP contribution in [0.2, 0.25) is 0 Å². The summed E-state index contributed by atoms with van der Waals surface area (Å²) in [5.41, 5.74) is -1.25. The van der Waals surface area contributed by atoms with Crippen LogP contribution in [0.4, 0.5) is 18.0 Å². The van der Waals surface area contributed by atoms with Crippen molar-refractivity contribution >= 4 is 17.9 Å². The fraction of sp³-hybridized carbons (Fsp3) is 0.632. The molecule has 0 spiro atoms. The second kappa shape index (κ2) is 8.63. The van der Waals surface area contributed by atoms with Gasteiger partial charge in [0.2, 0.25) is 0 Å². The molecule has 1 aromatic carbocycles. The van der Waals surface area contributed by atoms with E-state index in [4.69, 9.17) is 9.47 Å². The number of thioether (sulfide) groups is 1. The summed E-state index contributed by atoms with van der Waals surface area (Å²) in [6, 6.07) is 4.73. The molecule has 0 saturated carbocycles. The minimum atomic E-state index is -4.36. The summed E-state index contributed by atoms with van der Waals surface area (Å²) < 4.78 is 49.4. The first-order chi connectivity index (χ1) is 12.5. The molecule has 0 N–H and O–H groups in total. The maximum absolute atomic E-state index is 12.7. The molecule has 1 amide bonds. The monoisotopic (exact) mass is 405 g/mol. The van der Waals surface area contributed by atoms with Gasteiger partial charge in [0.05, 0.1) is 5.56 Å². The summed E-state index contributed by atoms with van der Waals surface area (Å²) in [7, 11) is 0. The average Bonchev–Trinajstić information content (AvgIpc) is 3.02. The van der Waals surface area contributed by atoms with Gasteiger partial charge < -0.3 is 14.4 Å². The Morgan fingerprint density at radius 2 is 1.89 bits per heavy atom. The fourth-order valence-corrected chi connectivity index (χ4v) is 3.58. The zero-order chi connectivity index (χ0) is 20.2. The first-order valence-electron chi connectivity index (χ1n) is 8.80. The van der Waals surface area contributed by atoms with Crippen molar-refractivity contribution in [3.05, 3.63) is 29.8 Å². The van der Waals surface area contributed by atoms with Crippen LogP contribution >= 0.6 is 11.8 Å². The van der Waals surface area contributed by atoms with Crippen molar-refractivity contribution in [2.75, 3.05) is 25.1 Å². The summed E-state index contributed by atoms with van der Waals surface area (Å²) in [5.74, 6) is 1.19. The molecule has 1 fully saturated rings. The van der Waals surface area contributed by atoms with E-state index in [2.05, 4.69) is 0 Å². The van der Waals surface area contributed by atoms with Gasteiger partial charge in [-0.25, -0.2) is 4.79 Å². The topological polar surface area (TPSA) is 38.8 Å². The van der Waals surface area contributed by atoms with E-state index in [1.165, 1.54) is 12.1 Å². The van der Waals surface area contributed by atoms with E-state index in [0.717, 1.165) is 18.6 Å². The van der Waals surface area contributed by atoms with Crippen LogP contribution in [0.15, 0.2) is 24.3 Å². The van der Waals surface area contributed by atoms with Crippen LogP contribution in [0.5, 0.6) is 5.75 Å². The van der Waals surface area contributed by atoms with Gasteiger partial charge in [0, 0.05) is 24.8 Å². The number of ether oxygens (including phenoxy) is 2. The molecule has 152 valence electrons. The van der Waals surface area contributed by atoms with Crippen molar-refractivity contribution in [3.63, 3.8) is 0 Å². The second-order valence-corrected chi connectivity index (χ2v) is 8.52. The third-order valence-electron chi connectivity index (χ3n) is 4.20. The maximum Gasteiger partial charge on any atom is 0.416 e. The minimum absolute atomic E-state index is 0.104. The molecule has 4 nitrogen and oxygen atoms in total. The lowest BCUT2D eigenvalue weighted by Gasteiger charge is -2.26. The van der Waals surface area contributed by atoms with E-state index in [1.807, 2.05) is 27.0 Å². The predicted molar refractivity (Wildman–Crippen MR) is 100 cm³/mol. The summed E-state index contributed by atoms with van der Waals surface area (Å²) >= 11 is 1.60. The zero-order valence-electron chi connectivity index (χ0n) is 16.0. The van der Waals surface area contributed by atoms with Crippen molar-refractivity contribution in [3.8, 4) is 5.75 Å². The Balaban J connectivity index is 2.00. The molecule has 0 aliphatic carbocycles. The van der Waals surface area contributed by atoms with Crippen LogP contribution in [0.25, 0.3) is 0 Å². The predicted octanol–water partition coefficient (Wildman–Crippen LogP) is 5.07. The van der Waals surface area contributed by atoms with E-state index < -0.39 is 17.3 Å². The lowest BCUT2D eigenvalue weighted by Crippen LogP contribution is -2.37. The average molecular weight is 405 g/mol. The van der Waals surface area contributed by atoms with Crippen LogP contribution < -0.4 is 4.74 Å². The Hall–Kier alpha value is -1.57. The molecule has 27 heavy (non-hydrogen) atoms. The summed E-state index contributed by atoms with van der Waals surface area (Å²) in [5, 5.41) is 0. The molecule has 0 radical (unpaired) electrons. The number of nitrogens with zero attached hydrogens (tertiary/aromatic N) is 1. The lowest BCUT2D eigenvalue weighted by atomic mass is 10.0. The van der Waals surface area contributed by atoms with Gasteiger partial charge in [0.25, 0.3) is 0 Å². The van der Waals surface area contributed by atoms with Gasteiger partial charge in [0.1, 0.15) is 17.5 Å². The number of carbonyl (C=O) groups is 1. The molecule has 1 aliphatic rings. The Morgan fingerprint density at radius 3 is 2.41 bits per heavy atom. The van der Waals surface area contributed by atoms with Gasteiger partial charge in [-0.1, -0.05) is 0 Å². The van der Waals surface area contributed by atoms with Gasteiger partial charge >= 0.3 is 12.3 Å². The lowest BCUT2D eigenvalue weighted by molar-refractivity contribution is -0.137. The van der Waals surface area contributed by atoms with Crippen molar-refractivity contribution in [1.29, 1.82) is 0 Å². The minimum Gasteiger partial charge on any atom is -0.489 e. The Morgan fingerprint density at radius 1 is 1.26 bits per heavy atom. The number of alkyl halides is 3. The van der Waals surface area contributed by atoms with E-state index in [0.29, 0.717) is 24.6 Å². The molecule has 0 unspecified atom stereocenters. The first-order valence-corrected chi connectivity index (χ1v) is 10.2. The highest BCUT2D eigenvalue weighted by molar-refractivity contribution is 7.98. The number of carbonyl (C=O) groups excluding carboxylic acids is 1. The van der Waals surface area contributed by atoms with Gasteiger partial charge in [-0.05, 0) is 57.7 Å². The van der Waals surface area contributed by atoms with Crippen molar-refractivity contribution in [2.24, 2.45) is 5.92 Å². The van der Waals surface area contributed by atoms with Crippen molar-refractivity contribution < 1.29 is 27.4 Å². The summed E-state index contributed by atoms with van der Waals surface area (Å²) in [6.07, 6.45) is -2.18. The van der Waals surface area contributed by atoms with Crippen LogP contribution in [0.1, 0.15) is 32.8 Å². The number of rotatable bonds is 5. The second-order valence-electron chi connectivity index (χ2n) is 7.61. The highest BCUT2D eigenvalue weighted by Gasteiger charge is 2.35. The van der Waals surface area contributed by atoms with E-state index in [-0.39, 0.29) is 18.1 Å². The number of amides is 1. The molecular formula is C19H26F3NO3S. The smallest absolute Gasteiger partial charge is 0.416 e. The molecule has 1 heterocycles. The quantitative estimate of drug-likeness (QED) is 0.685. The highest BCUT2D eigenvalue weighted by Crippen LogP contribution is 2.32. The normalized spacial score (nSPS) is 19.1. The van der Waals surface area contributed by atoms with Crippen LogP contribution in [-0.2, 0) is 10.9 Å².